The minimum Gasteiger partial charge on any atom is -0.383 e. The van der Waals surface area contributed by atoms with Crippen LogP contribution in [0.25, 0.3) is 55.4 Å². The van der Waals surface area contributed by atoms with E-state index in [0.29, 0.717) is 44.0 Å². The van der Waals surface area contributed by atoms with Gasteiger partial charge in [0.15, 0.2) is 5.65 Å². The van der Waals surface area contributed by atoms with Gasteiger partial charge in [0.25, 0.3) is 0 Å². The lowest BCUT2D eigenvalue weighted by atomic mass is 10.0. The summed E-state index contributed by atoms with van der Waals surface area (Å²) in [5.41, 5.74) is 13.5. The van der Waals surface area contributed by atoms with E-state index in [1.165, 1.54) is 6.33 Å². The van der Waals surface area contributed by atoms with E-state index >= 15 is 0 Å². The van der Waals surface area contributed by atoms with Gasteiger partial charge in [0.05, 0.1) is 34.4 Å². The van der Waals surface area contributed by atoms with Gasteiger partial charge < -0.3 is 5.73 Å². The number of alkyl halides is 1. The quantitative estimate of drug-likeness (QED) is 0.137. The fraction of sp³-hybridized carbons (Fsp3) is 0.0541. The van der Waals surface area contributed by atoms with Crippen LogP contribution in [0, 0.1) is 3.70 Å². The van der Waals surface area contributed by atoms with E-state index in [0.717, 1.165) is 64.5 Å². The van der Waals surface area contributed by atoms with Crippen molar-refractivity contribution in [2.24, 2.45) is 0 Å². The molecular weight excluding hydrogens is 847 g/mol. The second-order valence-corrected chi connectivity index (χ2v) is 14.0. The molecule has 248 valence electrons. The zero-order valence-electron chi connectivity index (χ0n) is 25.8. The lowest BCUT2D eigenvalue weighted by Crippen LogP contribution is -2.06. The molecule has 0 radical (unpaired) electrons. The fourth-order valence-electron chi connectivity index (χ4n) is 5.66. The number of fused-ring (bicyclic) bond motifs is 3. The molecule has 0 spiro atoms. The van der Waals surface area contributed by atoms with Crippen molar-refractivity contribution in [3.05, 3.63) is 138 Å². The highest BCUT2D eigenvalue weighted by Gasteiger charge is 2.18. The molecule has 4 heterocycles. The van der Waals surface area contributed by atoms with Crippen molar-refractivity contribution in [3.8, 4) is 22.5 Å². The summed E-state index contributed by atoms with van der Waals surface area (Å²) in [6, 6.07) is 30.6. The van der Waals surface area contributed by atoms with Gasteiger partial charge in [-0.25, -0.2) is 24.6 Å². The first kappa shape index (κ1) is 34.7. The molecule has 4 aromatic heterocycles. The molecule has 7 nitrogen and oxygen atoms in total. The van der Waals surface area contributed by atoms with Crippen LogP contribution < -0.4 is 5.73 Å². The summed E-state index contributed by atoms with van der Waals surface area (Å²) in [4.78, 5) is 18.1. The highest BCUT2D eigenvalue weighted by atomic mass is 127. The van der Waals surface area contributed by atoms with Gasteiger partial charge in [-0.3, -0.25) is 0 Å². The van der Waals surface area contributed by atoms with Gasteiger partial charge in [-0.05, 0) is 76.7 Å². The molecule has 0 aliphatic carbocycles. The molecule has 8 aromatic rings. The van der Waals surface area contributed by atoms with Gasteiger partial charge in [0.2, 0.25) is 0 Å². The topological polar surface area (TPSA) is 95.4 Å². The van der Waals surface area contributed by atoms with Crippen molar-refractivity contribution in [2.45, 2.75) is 12.4 Å². The molecule has 13 heteroatoms. The standard InChI is InChI=1S/C21H13Cl2IN6.C16H10Cl3N/c22-14-5-2-1-4-12(14)18-11(8-13-15(23)6-3-7-16(13)28-18)9-30-21-17(19(24)29-30)20(25)26-10-27-21;17-9-10-8-12-14(19)6-3-7-15(12)20-16(10)11-4-1-2-5-13(11)18/h1-8,10H,9H2,(H2,25,26,27);1-8H,9H2. The molecule has 8 rings (SSSR count). The van der Waals surface area contributed by atoms with Crippen LogP contribution >= 0.6 is 80.6 Å². The molecule has 0 atom stereocenters. The Morgan fingerprint density at radius 3 is 1.72 bits per heavy atom. The van der Waals surface area contributed by atoms with E-state index in [1.54, 1.807) is 4.68 Å². The summed E-state index contributed by atoms with van der Waals surface area (Å²) in [6.45, 7) is 0.421. The van der Waals surface area contributed by atoms with Crippen molar-refractivity contribution in [2.75, 3.05) is 5.73 Å². The van der Waals surface area contributed by atoms with Crippen molar-refractivity contribution < 1.29 is 0 Å². The summed E-state index contributed by atoms with van der Waals surface area (Å²) in [5.74, 6) is 0.760. The number of benzene rings is 4. The Bertz CT molecular complexity index is 2560. The molecule has 4 aromatic carbocycles. The molecule has 0 unspecified atom stereocenters. The fourth-order valence-corrected chi connectivity index (χ4v) is 7.54. The van der Waals surface area contributed by atoms with Crippen LogP contribution in [0.2, 0.25) is 20.1 Å². The number of pyridine rings is 2. The molecule has 0 saturated carbocycles. The van der Waals surface area contributed by atoms with E-state index in [1.807, 2.05) is 97.1 Å². The third-order valence-electron chi connectivity index (χ3n) is 8.01. The highest BCUT2D eigenvalue weighted by molar-refractivity contribution is 14.1. The van der Waals surface area contributed by atoms with Crippen LogP contribution in [0.3, 0.4) is 0 Å². The Morgan fingerprint density at radius 1 is 0.640 bits per heavy atom. The minimum absolute atomic E-state index is 0.356. The smallest absolute Gasteiger partial charge is 0.164 e. The Hall–Kier alpha value is -3.77. The third-order valence-corrected chi connectivity index (χ3v) is 10.4. The first-order valence-electron chi connectivity index (χ1n) is 15.1. The number of halogens is 6. The van der Waals surface area contributed by atoms with Crippen LogP contribution in [-0.4, -0.2) is 29.7 Å². The molecule has 50 heavy (non-hydrogen) atoms. The number of rotatable bonds is 5. The molecule has 0 aliphatic rings. The number of hydrogen-bond acceptors (Lipinski definition) is 6. The van der Waals surface area contributed by atoms with E-state index < -0.39 is 0 Å². The monoisotopic (exact) mass is 867 g/mol. The highest BCUT2D eigenvalue weighted by Crippen LogP contribution is 2.35. The Balaban J connectivity index is 0.000000170. The van der Waals surface area contributed by atoms with E-state index in [2.05, 4.69) is 42.6 Å². The molecule has 2 N–H and O–H groups in total. The summed E-state index contributed by atoms with van der Waals surface area (Å²) >= 11 is 33.6. The molecule has 0 amide bonds. The van der Waals surface area contributed by atoms with Gasteiger partial charge in [-0.15, -0.1) is 11.6 Å². The van der Waals surface area contributed by atoms with Gasteiger partial charge in [-0.2, -0.15) is 5.10 Å². The maximum Gasteiger partial charge on any atom is 0.164 e. The van der Waals surface area contributed by atoms with Crippen molar-refractivity contribution >= 4 is 119 Å². The molecule has 0 fully saturated rings. The van der Waals surface area contributed by atoms with E-state index in [-0.39, 0.29) is 0 Å². The Morgan fingerprint density at radius 2 is 1.16 bits per heavy atom. The van der Waals surface area contributed by atoms with Gasteiger partial charge in [0, 0.05) is 53.4 Å². The second-order valence-electron chi connectivity index (χ2n) is 11.1. The maximum absolute atomic E-state index is 6.51. The van der Waals surface area contributed by atoms with Crippen LogP contribution in [0.1, 0.15) is 11.1 Å². The van der Waals surface area contributed by atoms with Crippen LogP contribution in [0.15, 0.2) is 103 Å². The van der Waals surface area contributed by atoms with Crippen molar-refractivity contribution in [1.82, 2.24) is 29.7 Å². The van der Waals surface area contributed by atoms with Crippen LogP contribution in [-0.2, 0) is 12.4 Å². The number of nitrogens with two attached hydrogens (primary N) is 1. The third kappa shape index (κ3) is 6.80. The summed E-state index contributed by atoms with van der Waals surface area (Å²) in [7, 11) is 0. The predicted molar refractivity (Wildman–Crippen MR) is 216 cm³/mol. The van der Waals surface area contributed by atoms with Crippen molar-refractivity contribution in [3.63, 3.8) is 0 Å². The number of anilines is 1. The summed E-state index contributed by atoms with van der Waals surface area (Å²) in [5, 5.41) is 9.74. The molecule has 0 bridgehead atoms. The summed E-state index contributed by atoms with van der Waals surface area (Å²) in [6.07, 6.45) is 1.44. The lowest BCUT2D eigenvalue weighted by Gasteiger charge is -2.13. The van der Waals surface area contributed by atoms with Crippen molar-refractivity contribution in [1.29, 1.82) is 0 Å². The Labute approximate surface area is 325 Å². The number of hydrogen-bond donors (Lipinski definition) is 1. The molecule has 0 aliphatic heterocycles. The molecular formula is C37H23Cl5IN7. The molecule has 0 saturated heterocycles. The van der Waals surface area contributed by atoms with Gasteiger partial charge >= 0.3 is 0 Å². The van der Waals surface area contributed by atoms with Gasteiger partial charge in [-0.1, -0.05) is 94.9 Å². The first-order chi connectivity index (χ1) is 24.2. The minimum atomic E-state index is 0.356. The summed E-state index contributed by atoms with van der Waals surface area (Å²) < 4.78 is 2.54. The Kier molecular flexibility index (Phi) is 10.3. The normalized spacial score (nSPS) is 11.2. The number of nitrogen functional groups attached to an aromatic ring is 1. The number of aromatic nitrogens is 6. The van der Waals surface area contributed by atoms with Gasteiger partial charge in [0.1, 0.15) is 15.8 Å². The zero-order valence-corrected chi connectivity index (χ0v) is 31.7. The lowest BCUT2D eigenvalue weighted by molar-refractivity contribution is 0.697. The first-order valence-corrected chi connectivity index (χ1v) is 18.2. The van der Waals surface area contributed by atoms with E-state index in [9.17, 15) is 0 Å². The average molecular weight is 870 g/mol. The second kappa shape index (κ2) is 14.8. The average Bonchev–Trinajstić information content (AvgIpc) is 3.44. The SMILES string of the molecule is ClCc1cc2c(Cl)cccc2nc1-c1ccccc1Cl.Nc1ncnc2c1c(I)nn2Cc1cc2c(Cl)cccc2nc1-c1ccccc1Cl. The number of nitrogens with zero attached hydrogens (tertiary/aromatic N) is 6. The van der Waals surface area contributed by atoms with Crippen LogP contribution in [0.4, 0.5) is 5.82 Å². The predicted octanol–water partition coefficient (Wildman–Crippen LogP) is 11.5. The zero-order chi connectivity index (χ0) is 34.9. The van der Waals surface area contributed by atoms with E-state index in [4.69, 9.17) is 68.7 Å². The largest absolute Gasteiger partial charge is 0.383 e. The van der Waals surface area contributed by atoms with Crippen LogP contribution in [0.5, 0.6) is 0 Å². The maximum atomic E-state index is 6.51.